The second kappa shape index (κ2) is 6.86. The Morgan fingerprint density at radius 1 is 1.13 bits per heavy atom. The third kappa shape index (κ3) is 3.20. The van der Waals surface area contributed by atoms with Crippen molar-refractivity contribution in [1.82, 2.24) is 14.9 Å². The predicted molar refractivity (Wildman–Crippen MR) is 121 cm³/mol. The number of hydrogen-bond acceptors (Lipinski definition) is 4. The number of nitrogens with zero attached hydrogens (tertiary/aromatic N) is 4. The number of aromatic nitrogens is 2. The minimum absolute atomic E-state index is 0.0464. The van der Waals surface area contributed by atoms with Gasteiger partial charge in [0.25, 0.3) is 0 Å². The van der Waals surface area contributed by atoms with E-state index in [1.807, 2.05) is 38.4 Å². The van der Waals surface area contributed by atoms with Crippen molar-refractivity contribution in [2.45, 2.75) is 43.7 Å². The van der Waals surface area contributed by atoms with E-state index in [2.05, 4.69) is 69.5 Å². The highest BCUT2D eigenvalue weighted by molar-refractivity contribution is 5.83. The van der Waals surface area contributed by atoms with Crippen LogP contribution in [-0.4, -0.2) is 20.4 Å². The van der Waals surface area contributed by atoms with Gasteiger partial charge < -0.3 is 9.88 Å². The molecule has 1 aliphatic heterocycles. The molecule has 31 heavy (non-hydrogen) atoms. The van der Waals surface area contributed by atoms with E-state index in [9.17, 15) is 10.5 Å². The van der Waals surface area contributed by atoms with Gasteiger partial charge in [-0.15, -0.1) is 0 Å². The predicted octanol–water partition coefficient (Wildman–Crippen LogP) is 5.51. The van der Waals surface area contributed by atoms with Crippen LogP contribution in [-0.2, 0) is 5.41 Å². The van der Waals surface area contributed by atoms with Crippen LogP contribution in [0.2, 0.25) is 0 Å². The monoisotopic (exact) mass is 405 g/mol. The van der Waals surface area contributed by atoms with E-state index in [1.54, 1.807) is 0 Å². The standard InChI is InChI=1S/C26H23N5/c1-25(2,16-27)31-12-4-3-5-23(31)20-13-19-14-22(30-24(19)29-15-20)18-6-8-21(9-7-18)26(17-28)10-11-26/h3-9,12-15,23H,10-11H2,1-2H3,(H,29,30). The fourth-order valence-corrected chi connectivity index (χ4v) is 4.27. The fraction of sp³-hybridized carbons (Fsp3) is 0.269. The first-order chi connectivity index (χ1) is 15.0. The summed E-state index contributed by atoms with van der Waals surface area (Å²) in [6.45, 7) is 3.84. The van der Waals surface area contributed by atoms with Crippen molar-refractivity contribution in [3.8, 4) is 23.4 Å². The van der Waals surface area contributed by atoms with Gasteiger partial charge in [-0.25, -0.2) is 4.98 Å². The summed E-state index contributed by atoms with van der Waals surface area (Å²) in [5, 5.41) is 20.1. The molecule has 1 aromatic carbocycles. The van der Waals surface area contributed by atoms with Crippen molar-refractivity contribution in [3.63, 3.8) is 0 Å². The Balaban J connectivity index is 1.47. The number of nitriles is 2. The molecular formula is C26H23N5. The lowest BCUT2D eigenvalue weighted by Gasteiger charge is -2.39. The van der Waals surface area contributed by atoms with Crippen LogP contribution in [0, 0.1) is 22.7 Å². The van der Waals surface area contributed by atoms with Gasteiger partial charge >= 0.3 is 0 Å². The Hall–Kier alpha value is -3.83. The van der Waals surface area contributed by atoms with Crippen LogP contribution in [0.3, 0.4) is 0 Å². The molecule has 1 N–H and O–H groups in total. The highest BCUT2D eigenvalue weighted by atomic mass is 15.2. The van der Waals surface area contributed by atoms with Gasteiger partial charge in [0.05, 0.1) is 23.6 Å². The molecule has 0 amide bonds. The number of benzene rings is 1. The third-order valence-electron chi connectivity index (χ3n) is 6.42. The summed E-state index contributed by atoms with van der Waals surface area (Å²) >= 11 is 0. The van der Waals surface area contributed by atoms with Gasteiger partial charge in [-0.3, -0.25) is 0 Å². The van der Waals surface area contributed by atoms with Crippen LogP contribution in [0.15, 0.2) is 67.0 Å². The van der Waals surface area contributed by atoms with E-state index in [-0.39, 0.29) is 11.5 Å². The summed E-state index contributed by atoms with van der Waals surface area (Å²) in [4.78, 5) is 10.1. The van der Waals surface area contributed by atoms with Gasteiger partial charge in [0.2, 0.25) is 0 Å². The summed E-state index contributed by atoms with van der Waals surface area (Å²) in [5.41, 5.74) is 4.16. The number of pyridine rings is 1. The van der Waals surface area contributed by atoms with E-state index in [4.69, 9.17) is 0 Å². The average molecular weight is 406 g/mol. The third-order valence-corrected chi connectivity index (χ3v) is 6.42. The van der Waals surface area contributed by atoms with Crippen LogP contribution in [0.25, 0.3) is 22.3 Å². The lowest BCUT2D eigenvalue weighted by Crippen LogP contribution is -2.41. The molecule has 5 nitrogen and oxygen atoms in total. The van der Waals surface area contributed by atoms with Crippen LogP contribution in [0.4, 0.5) is 0 Å². The van der Waals surface area contributed by atoms with Gasteiger partial charge in [0, 0.05) is 23.5 Å². The number of H-pyrrole nitrogens is 1. The second-order valence-corrected chi connectivity index (χ2v) is 8.91. The SMILES string of the molecule is CC(C)(C#N)N1C=CC=CC1c1cnc2[nH]c(-c3ccc(C4(C#N)CC4)cc3)cc2c1. The second-order valence-electron chi connectivity index (χ2n) is 8.91. The van der Waals surface area contributed by atoms with Crippen molar-refractivity contribution in [1.29, 1.82) is 10.5 Å². The molecule has 0 spiro atoms. The zero-order chi connectivity index (χ0) is 21.6. The van der Waals surface area contributed by atoms with E-state index in [0.717, 1.165) is 46.3 Å². The molecule has 0 radical (unpaired) electrons. The first-order valence-corrected chi connectivity index (χ1v) is 10.5. The molecule has 1 fully saturated rings. The molecular weight excluding hydrogens is 382 g/mol. The Morgan fingerprint density at radius 2 is 1.90 bits per heavy atom. The Labute approximate surface area is 181 Å². The molecule has 1 unspecified atom stereocenters. The molecule has 152 valence electrons. The molecule has 2 aliphatic rings. The molecule has 2 aromatic heterocycles. The first kappa shape index (κ1) is 19.2. The van der Waals surface area contributed by atoms with Crippen LogP contribution < -0.4 is 0 Å². The number of nitrogens with one attached hydrogen (secondary N) is 1. The smallest absolute Gasteiger partial charge is 0.137 e. The van der Waals surface area contributed by atoms with Gasteiger partial charge in [0.1, 0.15) is 11.2 Å². The van der Waals surface area contributed by atoms with Crippen LogP contribution in [0.1, 0.15) is 43.9 Å². The maximum Gasteiger partial charge on any atom is 0.137 e. The lowest BCUT2D eigenvalue weighted by atomic mass is 9.96. The summed E-state index contributed by atoms with van der Waals surface area (Å²) in [5.74, 6) is 0. The molecule has 1 atom stereocenters. The molecule has 0 bridgehead atoms. The molecule has 1 aliphatic carbocycles. The van der Waals surface area contributed by atoms with E-state index in [0.29, 0.717) is 0 Å². The van der Waals surface area contributed by atoms with Gasteiger partial charge in [-0.05, 0) is 61.6 Å². The van der Waals surface area contributed by atoms with Crippen LogP contribution >= 0.6 is 0 Å². The van der Waals surface area contributed by atoms with Crippen molar-refractivity contribution >= 4 is 11.0 Å². The van der Waals surface area contributed by atoms with Gasteiger partial charge in [-0.2, -0.15) is 10.5 Å². The normalized spacial score (nSPS) is 19.2. The highest BCUT2D eigenvalue weighted by Gasteiger charge is 2.44. The number of rotatable bonds is 4. The maximum absolute atomic E-state index is 9.61. The van der Waals surface area contributed by atoms with Crippen molar-refractivity contribution in [2.75, 3.05) is 0 Å². The summed E-state index contributed by atoms with van der Waals surface area (Å²) in [7, 11) is 0. The first-order valence-electron chi connectivity index (χ1n) is 10.5. The van der Waals surface area contributed by atoms with Gasteiger partial charge in [0.15, 0.2) is 0 Å². The quantitative estimate of drug-likeness (QED) is 0.620. The van der Waals surface area contributed by atoms with Gasteiger partial charge in [-0.1, -0.05) is 36.4 Å². The maximum atomic E-state index is 9.61. The lowest BCUT2D eigenvalue weighted by molar-refractivity contribution is 0.203. The number of hydrogen-bond donors (Lipinski definition) is 1. The molecule has 3 aromatic rings. The zero-order valence-corrected chi connectivity index (χ0v) is 17.6. The Bertz CT molecular complexity index is 1290. The van der Waals surface area contributed by atoms with Crippen molar-refractivity contribution in [2.24, 2.45) is 0 Å². The minimum Gasteiger partial charge on any atom is -0.349 e. The fourth-order valence-electron chi connectivity index (χ4n) is 4.27. The minimum atomic E-state index is -0.631. The van der Waals surface area contributed by atoms with E-state index < -0.39 is 5.54 Å². The number of aromatic amines is 1. The molecule has 3 heterocycles. The largest absolute Gasteiger partial charge is 0.349 e. The summed E-state index contributed by atoms with van der Waals surface area (Å²) in [6, 6.07) is 17.3. The molecule has 1 saturated carbocycles. The number of allylic oxidation sites excluding steroid dienone is 2. The Morgan fingerprint density at radius 3 is 2.58 bits per heavy atom. The zero-order valence-electron chi connectivity index (χ0n) is 17.6. The topological polar surface area (TPSA) is 79.5 Å². The van der Waals surface area contributed by atoms with Crippen LogP contribution in [0.5, 0.6) is 0 Å². The average Bonchev–Trinajstić information content (AvgIpc) is 3.50. The van der Waals surface area contributed by atoms with Crippen molar-refractivity contribution < 1.29 is 0 Å². The van der Waals surface area contributed by atoms with E-state index in [1.165, 1.54) is 0 Å². The molecule has 5 rings (SSSR count). The number of fused-ring (bicyclic) bond motifs is 1. The molecule has 5 heteroatoms. The summed E-state index contributed by atoms with van der Waals surface area (Å²) in [6.07, 6.45) is 11.8. The highest BCUT2D eigenvalue weighted by Crippen LogP contribution is 2.47. The molecule has 0 saturated heterocycles. The summed E-state index contributed by atoms with van der Waals surface area (Å²) < 4.78 is 0. The van der Waals surface area contributed by atoms with Crippen molar-refractivity contribution in [3.05, 3.63) is 78.1 Å². The Kier molecular flexibility index (Phi) is 4.24. The van der Waals surface area contributed by atoms with E-state index >= 15 is 0 Å².